The van der Waals surface area contributed by atoms with E-state index in [1.807, 2.05) is 0 Å². The molecule has 3 heterocycles. The van der Waals surface area contributed by atoms with Gasteiger partial charge in [-0.1, -0.05) is 0 Å². The molecule has 178 valence electrons. The quantitative estimate of drug-likeness (QED) is 0.274. The van der Waals surface area contributed by atoms with Gasteiger partial charge in [-0.2, -0.15) is 0 Å². The van der Waals surface area contributed by atoms with Crippen LogP contribution in [0.25, 0.3) is 0 Å². The standard InChI is InChI=1S/C18H20F3N7O5/c19-18(20,21)33-14-2-1-11(5-25-14)31-9-15-26-13(8-32-15)17(30)27-4-3-10(6-27)28(24)7-12(22)16(23)29/h1-2,5,7-8,10H,3-4,6,9,22,24H2,(H2,23,29)/b12-7-. The van der Waals surface area contributed by atoms with E-state index in [0.717, 1.165) is 18.5 Å². The van der Waals surface area contributed by atoms with Crippen molar-refractivity contribution < 1.29 is 36.7 Å². The minimum Gasteiger partial charge on any atom is -0.482 e. The zero-order valence-electron chi connectivity index (χ0n) is 17.0. The number of aromatic nitrogens is 2. The Kier molecular flexibility index (Phi) is 6.91. The number of primary amides is 1. The summed E-state index contributed by atoms with van der Waals surface area (Å²) in [6, 6.07) is 1.94. The highest BCUT2D eigenvalue weighted by molar-refractivity contribution is 5.92. The predicted molar refractivity (Wildman–Crippen MR) is 104 cm³/mol. The fourth-order valence-corrected chi connectivity index (χ4v) is 2.91. The zero-order chi connectivity index (χ0) is 24.2. The summed E-state index contributed by atoms with van der Waals surface area (Å²) in [7, 11) is 0. The number of pyridine rings is 1. The van der Waals surface area contributed by atoms with Crippen molar-refractivity contribution in [1.82, 2.24) is 19.9 Å². The third-order valence-electron chi connectivity index (χ3n) is 4.51. The van der Waals surface area contributed by atoms with E-state index in [4.69, 9.17) is 26.5 Å². The number of nitrogens with two attached hydrogens (primary N) is 3. The van der Waals surface area contributed by atoms with Gasteiger partial charge in [0, 0.05) is 25.4 Å². The molecule has 0 bridgehead atoms. The van der Waals surface area contributed by atoms with Crippen LogP contribution in [0, 0.1) is 0 Å². The summed E-state index contributed by atoms with van der Waals surface area (Å²) in [5, 5.41) is 1.23. The van der Waals surface area contributed by atoms with Crippen LogP contribution in [0.4, 0.5) is 13.2 Å². The first-order chi connectivity index (χ1) is 15.5. The van der Waals surface area contributed by atoms with Crippen LogP contribution in [-0.4, -0.2) is 57.2 Å². The summed E-state index contributed by atoms with van der Waals surface area (Å²) in [6.07, 6.45) is -0.902. The van der Waals surface area contributed by atoms with Crippen LogP contribution >= 0.6 is 0 Å². The zero-order valence-corrected chi connectivity index (χ0v) is 17.0. The Morgan fingerprint density at radius 1 is 1.33 bits per heavy atom. The fourth-order valence-electron chi connectivity index (χ4n) is 2.91. The van der Waals surface area contributed by atoms with Gasteiger partial charge in [0.1, 0.15) is 17.7 Å². The number of hydrogen-bond donors (Lipinski definition) is 3. The highest BCUT2D eigenvalue weighted by atomic mass is 19.4. The lowest BCUT2D eigenvalue weighted by molar-refractivity contribution is -0.276. The molecule has 12 nitrogen and oxygen atoms in total. The molecule has 15 heteroatoms. The van der Waals surface area contributed by atoms with E-state index in [0.29, 0.717) is 13.0 Å². The maximum absolute atomic E-state index is 12.7. The van der Waals surface area contributed by atoms with Gasteiger partial charge in [-0.3, -0.25) is 9.59 Å². The molecule has 3 rings (SSSR count). The number of hydrogen-bond acceptors (Lipinski definition) is 10. The minimum atomic E-state index is -4.85. The SMILES string of the molecule is NC(=O)/C(N)=C/N(N)C1CCN(C(=O)c2coc(COc3ccc(OC(F)(F)F)nc3)n2)C1. The smallest absolute Gasteiger partial charge is 0.482 e. The van der Waals surface area contributed by atoms with Crippen molar-refractivity contribution in [2.24, 2.45) is 17.3 Å². The van der Waals surface area contributed by atoms with Gasteiger partial charge in [0.05, 0.1) is 12.2 Å². The van der Waals surface area contributed by atoms with E-state index < -0.39 is 24.1 Å². The van der Waals surface area contributed by atoms with E-state index in [-0.39, 0.29) is 42.2 Å². The molecule has 2 aromatic heterocycles. The number of amides is 2. The Bertz CT molecular complexity index is 1030. The third-order valence-corrected chi connectivity index (χ3v) is 4.51. The Hall–Kier alpha value is -4.01. The lowest BCUT2D eigenvalue weighted by Crippen LogP contribution is -2.41. The molecule has 33 heavy (non-hydrogen) atoms. The predicted octanol–water partition coefficient (Wildman–Crippen LogP) is 0.223. The first kappa shape index (κ1) is 23.6. The van der Waals surface area contributed by atoms with Gasteiger partial charge in [0.15, 0.2) is 12.3 Å². The average molecular weight is 471 g/mol. The number of alkyl halides is 3. The molecule has 6 N–H and O–H groups in total. The van der Waals surface area contributed by atoms with Crippen LogP contribution < -0.4 is 26.8 Å². The van der Waals surface area contributed by atoms with Crippen LogP contribution in [-0.2, 0) is 11.4 Å². The third kappa shape index (κ3) is 6.49. The van der Waals surface area contributed by atoms with Crippen molar-refractivity contribution in [3.63, 3.8) is 0 Å². The molecule has 1 unspecified atom stereocenters. The van der Waals surface area contributed by atoms with E-state index >= 15 is 0 Å². The monoisotopic (exact) mass is 471 g/mol. The van der Waals surface area contributed by atoms with Crippen LogP contribution in [0.5, 0.6) is 11.6 Å². The second kappa shape index (κ2) is 9.64. The second-order valence-electron chi connectivity index (χ2n) is 6.88. The van der Waals surface area contributed by atoms with E-state index in [9.17, 15) is 22.8 Å². The largest absolute Gasteiger partial charge is 0.574 e. The number of nitrogens with zero attached hydrogens (tertiary/aromatic N) is 4. The van der Waals surface area contributed by atoms with Crippen LogP contribution in [0.1, 0.15) is 22.8 Å². The number of ether oxygens (including phenoxy) is 2. The van der Waals surface area contributed by atoms with Gasteiger partial charge >= 0.3 is 6.36 Å². The molecule has 0 aromatic carbocycles. The summed E-state index contributed by atoms with van der Waals surface area (Å²) < 4.78 is 50.7. The summed E-state index contributed by atoms with van der Waals surface area (Å²) in [6.45, 7) is 0.456. The number of likely N-dealkylation sites (tertiary alicyclic amines) is 1. The average Bonchev–Trinajstić information content (AvgIpc) is 3.41. The summed E-state index contributed by atoms with van der Waals surface area (Å²) in [4.78, 5) is 32.7. The molecule has 0 radical (unpaired) electrons. The van der Waals surface area contributed by atoms with Gasteiger partial charge < -0.3 is 35.3 Å². The number of oxazole rings is 1. The Balaban J connectivity index is 1.52. The summed E-state index contributed by atoms with van der Waals surface area (Å²) in [5.41, 5.74) is 10.4. The molecule has 0 aliphatic carbocycles. The van der Waals surface area contributed by atoms with Crippen molar-refractivity contribution in [2.45, 2.75) is 25.4 Å². The molecule has 1 aliphatic heterocycles. The van der Waals surface area contributed by atoms with E-state index in [2.05, 4.69) is 14.7 Å². The highest BCUT2D eigenvalue weighted by Gasteiger charge is 2.32. The second-order valence-corrected chi connectivity index (χ2v) is 6.88. The van der Waals surface area contributed by atoms with Crippen molar-refractivity contribution in [2.75, 3.05) is 13.1 Å². The molecule has 2 amide bonds. The lowest BCUT2D eigenvalue weighted by atomic mass is 10.2. The molecule has 1 atom stereocenters. The van der Waals surface area contributed by atoms with Crippen molar-refractivity contribution in [1.29, 1.82) is 0 Å². The Morgan fingerprint density at radius 3 is 2.73 bits per heavy atom. The molecular weight excluding hydrogens is 451 g/mol. The first-order valence-corrected chi connectivity index (χ1v) is 9.40. The molecule has 1 saturated heterocycles. The maximum atomic E-state index is 12.7. The number of halogens is 3. The fraction of sp³-hybridized carbons (Fsp3) is 0.333. The van der Waals surface area contributed by atoms with Crippen LogP contribution in [0.15, 0.2) is 40.9 Å². The molecule has 0 saturated carbocycles. The summed E-state index contributed by atoms with van der Waals surface area (Å²) >= 11 is 0. The first-order valence-electron chi connectivity index (χ1n) is 9.40. The topological polar surface area (TPSA) is 176 Å². The van der Waals surface area contributed by atoms with Gasteiger partial charge in [0.25, 0.3) is 11.8 Å². The normalized spacial score (nSPS) is 16.5. The lowest BCUT2D eigenvalue weighted by Gasteiger charge is -2.22. The summed E-state index contributed by atoms with van der Waals surface area (Å²) in [5.74, 6) is 4.24. The van der Waals surface area contributed by atoms with Crippen molar-refractivity contribution in [3.8, 4) is 11.6 Å². The number of rotatable bonds is 8. The number of hydrazine groups is 1. The highest BCUT2D eigenvalue weighted by Crippen LogP contribution is 2.23. The Morgan fingerprint density at radius 2 is 2.09 bits per heavy atom. The van der Waals surface area contributed by atoms with Crippen molar-refractivity contribution >= 4 is 11.8 Å². The van der Waals surface area contributed by atoms with Crippen LogP contribution in [0.3, 0.4) is 0 Å². The minimum absolute atomic E-state index is 0.0389. The van der Waals surface area contributed by atoms with Gasteiger partial charge in [-0.05, 0) is 12.5 Å². The van der Waals surface area contributed by atoms with Crippen molar-refractivity contribution in [3.05, 3.63) is 48.1 Å². The van der Waals surface area contributed by atoms with Gasteiger partial charge in [0.2, 0.25) is 11.8 Å². The molecule has 2 aromatic rings. The van der Waals surface area contributed by atoms with Gasteiger partial charge in [-0.15, -0.1) is 13.2 Å². The van der Waals surface area contributed by atoms with Crippen LogP contribution in [0.2, 0.25) is 0 Å². The number of carbonyl (C=O) groups is 2. The number of carbonyl (C=O) groups excluding carboxylic acids is 2. The van der Waals surface area contributed by atoms with E-state index in [1.54, 1.807) is 0 Å². The molecule has 1 aliphatic rings. The molecule has 1 fully saturated rings. The maximum Gasteiger partial charge on any atom is 0.574 e. The van der Waals surface area contributed by atoms with E-state index in [1.165, 1.54) is 22.2 Å². The molecular formula is C18H20F3N7O5. The van der Waals surface area contributed by atoms with Gasteiger partial charge in [-0.25, -0.2) is 15.8 Å². The molecule has 0 spiro atoms. The Labute approximate surface area is 184 Å².